The molecule has 3 rings (SSSR count). The van der Waals surface area contributed by atoms with Gasteiger partial charge in [-0.15, -0.1) is 0 Å². The molecule has 1 unspecified atom stereocenters. The normalized spacial score (nSPS) is 17.1. The van der Waals surface area contributed by atoms with E-state index in [2.05, 4.69) is 10.2 Å². The quantitative estimate of drug-likeness (QED) is 0.323. The first-order chi connectivity index (χ1) is 16.9. The molecule has 2 heterocycles. The van der Waals surface area contributed by atoms with E-state index in [9.17, 15) is 32.7 Å². The highest BCUT2D eigenvalue weighted by atomic mass is 19.4. The minimum Gasteiger partial charge on any atom is -0.496 e. The van der Waals surface area contributed by atoms with E-state index in [-0.39, 0.29) is 42.0 Å². The number of alkyl halides is 3. The van der Waals surface area contributed by atoms with E-state index in [4.69, 9.17) is 9.47 Å². The number of methoxy groups -OCH3 is 1. The number of anilines is 1. The third-order valence-corrected chi connectivity index (χ3v) is 6.48. The zero-order valence-electron chi connectivity index (χ0n) is 20.4. The lowest BCUT2D eigenvalue weighted by molar-refractivity contribution is -0.167. The molecule has 36 heavy (non-hydrogen) atoms. The van der Waals surface area contributed by atoms with Crippen molar-refractivity contribution in [2.24, 2.45) is 5.92 Å². The molecule has 3 N–H and O–H groups in total. The third-order valence-electron chi connectivity index (χ3n) is 6.48. The predicted molar refractivity (Wildman–Crippen MR) is 124 cm³/mol. The maximum absolute atomic E-state index is 13.1. The number of cyclic esters (lactones) is 1. The Hall–Kier alpha value is -3.12. The first kappa shape index (κ1) is 27.5. The summed E-state index contributed by atoms with van der Waals surface area (Å²) < 4.78 is 49.7. The van der Waals surface area contributed by atoms with Gasteiger partial charge in [0.15, 0.2) is 0 Å². The zero-order chi connectivity index (χ0) is 26.6. The van der Waals surface area contributed by atoms with Crippen LogP contribution in [0.15, 0.2) is 11.6 Å². The van der Waals surface area contributed by atoms with Gasteiger partial charge in [-0.2, -0.15) is 13.2 Å². The van der Waals surface area contributed by atoms with E-state index in [0.29, 0.717) is 36.3 Å². The third kappa shape index (κ3) is 6.16. The van der Waals surface area contributed by atoms with Crippen molar-refractivity contribution in [3.63, 3.8) is 0 Å². The summed E-state index contributed by atoms with van der Waals surface area (Å²) in [5.41, 5.74) is 1.32. The summed E-state index contributed by atoms with van der Waals surface area (Å²) in [6.45, 7) is 6.31. The van der Waals surface area contributed by atoms with E-state index in [1.165, 1.54) is 7.11 Å². The second kappa shape index (κ2) is 11.3. The second-order valence-corrected chi connectivity index (χ2v) is 8.95. The van der Waals surface area contributed by atoms with Gasteiger partial charge in [0.25, 0.3) is 0 Å². The summed E-state index contributed by atoms with van der Waals surface area (Å²) in [5.74, 6) is -4.39. The molecule has 2 aliphatic rings. The number of amides is 1. The molecule has 12 heteroatoms. The van der Waals surface area contributed by atoms with E-state index in [0.717, 1.165) is 13.1 Å². The van der Waals surface area contributed by atoms with Crippen LogP contribution in [0.1, 0.15) is 46.8 Å². The Kier molecular flexibility index (Phi) is 8.62. The van der Waals surface area contributed by atoms with Gasteiger partial charge in [0.2, 0.25) is 0 Å². The van der Waals surface area contributed by atoms with Crippen LogP contribution in [0.3, 0.4) is 0 Å². The standard InChI is InChI=1S/C24H30F3N3O6/c1-13(10-15(21(31)32)6-8-30-9-7-28-12-30)4-5-16-19(29-23(34)24(25,26)27)18-17(11-36-22(18)33)14(2)20(16)35-3/h4,15,28H,5-12H2,1-3H3,(H,29,34)(H,31,32)/b13-4+. The summed E-state index contributed by atoms with van der Waals surface area (Å²) in [4.78, 5) is 38.1. The summed E-state index contributed by atoms with van der Waals surface area (Å²) in [6, 6.07) is 0. The van der Waals surface area contributed by atoms with Gasteiger partial charge in [0, 0.05) is 37.4 Å². The molecule has 0 aromatic heterocycles. The van der Waals surface area contributed by atoms with Crippen LogP contribution in [0, 0.1) is 12.8 Å². The maximum atomic E-state index is 13.1. The SMILES string of the molecule is COc1c(C)c2c(c(NC(=O)C(F)(F)F)c1C/C=C(\C)CC(CCN1CCNC1)C(=O)O)C(=O)OC2. The number of nitrogens with one attached hydrogen (secondary N) is 2. The molecular formula is C24H30F3N3O6. The van der Waals surface area contributed by atoms with Crippen molar-refractivity contribution in [2.45, 2.75) is 45.9 Å². The number of fused-ring (bicyclic) bond motifs is 1. The molecular weight excluding hydrogens is 483 g/mol. The molecule has 0 saturated carbocycles. The van der Waals surface area contributed by atoms with Crippen molar-refractivity contribution in [1.82, 2.24) is 10.2 Å². The van der Waals surface area contributed by atoms with Crippen LogP contribution < -0.4 is 15.4 Å². The number of rotatable bonds is 10. The summed E-state index contributed by atoms with van der Waals surface area (Å²) in [5, 5.41) is 14.7. The average Bonchev–Trinajstić information content (AvgIpc) is 3.46. The Bertz CT molecular complexity index is 1060. The fourth-order valence-corrected chi connectivity index (χ4v) is 4.52. The fourth-order valence-electron chi connectivity index (χ4n) is 4.52. The van der Waals surface area contributed by atoms with E-state index in [1.54, 1.807) is 19.9 Å². The molecule has 1 amide bonds. The predicted octanol–water partition coefficient (Wildman–Crippen LogP) is 3.01. The Morgan fingerprint density at radius 3 is 2.67 bits per heavy atom. The number of benzene rings is 1. The minimum absolute atomic E-state index is 0.00621. The molecule has 1 saturated heterocycles. The highest BCUT2D eigenvalue weighted by Crippen LogP contribution is 2.42. The number of allylic oxidation sites excluding steroid dienone is 2. The van der Waals surface area contributed by atoms with Crippen molar-refractivity contribution in [3.8, 4) is 5.75 Å². The highest BCUT2D eigenvalue weighted by Gasteiger charge is 2.41. The first-order valence-corrected chi connectivity index (χ1v) is 11.5. The number of aliphatic carboxylic acids is 1. The number of hydrogen-bond donors (Lipinski definition) is 3. The Morgan fingerprint density at radius 1 is 1.36 bits per heavy atom. The second-order valence-electron chi connectivity index (χ2n) is 8.95. The van der Waals surface area contributed by atoms with Crippen molar-refractivity contribution >= 4 is 23.5 Å². The Morgan fingerprint density at radius 2 is 2.08 bits per heavy atom. The average molecular weight is 514 g/mol. The van der Waals surface area contributed by atoms with Crippen LogP contribution in [0.5, 0.6) is 5.75 Å². The first-order valence-electron chi connectivity index (χ1n) is 11.5. The number of nitrogens with zero attached hydrogens (tertiary/aromatic N) is 1. The van der Waals surface area contributed by atoms with E-state index < -0.39 is 29.9 Å². The van der Waals surface area contributed by atoms with Gasteiger partial charge in [-0.25, -0.2) is 4.79 Å². The summed E-state index contributed by atoms with van der Waals surface area (Å²) in [7, 11) is 1.34. The van der Waals surface area contributed by atoms with Gasteiger partial charge in [-0.05, 0) is 38.7 Å². The number of esters is 1. The number of hydrogen-bond acceptors (Lipinski definition) is 7. The van der Waals surface area contributed by atoms with Crippen LogP contribution in [-0.2, 0) is 27.4 Å². The molecule has 1 aromatic carbocycles. The van der Waals surface area contributed by atoms with Crippen LogP contribution in [0.2, 0.25) is 0 Å². The van der Waals surface area contributed by atoms with Gasteiger partial charge >= 0.3 is 24.0 Å². The molecule has 2 aliphatic heterocycles. The molecule has 0 spiro atoms. The maximum Gasteiger partial charge on any atom is 0.471 e. The monoisotopic (exact) mass is 513 g/mol. The topological polar surface area (TPSA) is 117 Å². The molecule has 0 aliphatic carbocycles. The highest BCUT2D eigenvalue weighted by molar-refractivity contribution is 6.07. The molecule has 0 bridgehead atoms. The molecule has 198 valence electrons. The zero-order valence-corrected chi connectivity index (χ0v) is 20.4. The van der Waals surface area contributed by atoms with Gasteiger partial charge < -0.3 is 25.2 Å². The number of carboxylic acid groups (broad SMARTS) is 1. The summed E-state index contributed by atoms with van der Waals surface area (Å²) >= 11 is 0. The number of carboxylic acids is 1. The number of carbonyl (C=O) groups excluding carboxylic acids is 2. The molecule has 1 fully saturated rings. The molecule has 1 aromatic rings. The molecule has 9 nitrogen and oxygen atoms in total. The molecule has 0 radical (unpaired) electrons. The van der Waals surface area contributed by atoms with E-state index in [1.807, 2.05) is 5.32 Å². The van der Waals surface area contributed by atoms with Crippen molar-refractivity contribution in [2.75, 3.05) is 38.7 Å². The molecule has 1 atom stereocenters. The minimum atomic E-state index is -5.17. The number of ether oxygens (including phenoxy) is 2. The van der Waals surface area contributed by atoms with Gasteiger partial charge in [-0.3, -0.25) is 14.5 Å². The van der Waals surface area contributed by atoms with Crippen LogP contribution in [-0.4, -0.2) is 67.4 Å². The lowest BCUT2D eigenvalue weighted by atomic mass is 9.92. The van der Waals surface area contributed by atoms with Crippen LogP contribution in [0.4, 0.5) is 18.9 Å². The lowest BCUT2D eigenvalue weighted by Gasteiger charge is -2.20. The van der Waals surface area contributed by atoms with Gasteiger partial charge in [0.05, 0.1) is 24.3 Å². The van der Waals surface area contributed by atoms with Crippen LogP contribution in [0.25, 0.3) is 0 Å². The van der Waals surface area contributed by atoms with Crippen molar-refractivity contribution in [1.29, 1.82) is 0 Å². The fraction of sp³-hybridized carbons (Fsp3) is 0.542. The smallest absolute Gasteiger partial charge is 0.471 e. The Labute approximate surface area is 206 Å². The number of carbonyl (C=O) groups is 3. The van der Waals surface area contributed by atoms with Gasteiger partial charge in [0.1, 0.15) is 12.4 Å². The number of halogens is 3. The van der Waals surface area contributed by atoms with Crippen LogP contribution >= 0.6 is 0 Å². The van der Waals surface area contributed by atoms with Crippen molar-refractivity contribution in [3.05, 3.63) is 33.9 Å². The summed E-state index contributed by atoms with van der Waals surface area (Å²) in [6.07, 6.45) is -2.79. The van der Waals surface area contributed by atoms with Gasteiger partial charge in [-0.1, -0.05) is 11.6 Å². The van der Waals surface area contributed by atoms with Crippen molar-refractivity contribution < 1.29 is 42.1 Å². The van der Waals surface area contributed by atoms with E-state index >= 15 is 0 Å². The lowest BCUT2D eigenvalue weighted by Crippen LogP contribution is -2.31. The largest absolute Gasteiger partial charge is 0.496 e. The Balaban J connectivity index is 1.90.